The number of nitrogens with two attached hydrogens (primary N) is 1. The minimum atomic E-state index is 0.0758. The third-order valence-corrected chi connectivity index (χ3v) is 4.78. The van der Waals surface area contributed by atoms with Crippen LogP contribution in [0.1, 0.15) is 12.5 Å². The average molecular weight is 307 g/mol. The minimum absolute atomic E-state index is 0.0758. The van der Waals surface area contributed by atoms with Crippen LogP contribution in [0.25, 0.3) is 0 Å². The lowest BCUT2D eigenvalue weighted by molar-refractivity contribution is -0.136. The van der Waals surface area contributed by atoms with Gasteiger partial charge in [-0.3, -0.25) is 9.59 Å². The monoisotopic (exact) mass is 307 g/mol. The molecule has 2 N–H and O–H groups in total. The molecule has 21 heavy (non-hydrogen) atoms. The van der Waals surface area contributed by atoms with Crippen LogP contribution < -0.4 is 5.73 Å². The number of hydrogen-bond donors (Lipinski definition) is 1. The van der Waals surface area contributed by atoms with Gasteiger partial charge in [0.25, 0.3) is 0 Å². The number of carbonyl (C=O) groups is 2. The molecular formula is C15H21N3O2S. The molecule has 2 amide bonds. The highest BCUT2D eigenvalue weighted by Gasteiger charge is 2.22. The van der Waals surface area contributed by atoms with E-state index in [0.717, 1.165) is 10.5 Å². The van der Waals surface area contributed by atoms with Gasteiger partial charge in [-0.1, -0.05) is 6.07 Å². The summed E-state index contributed by atoms with van der Waals surface area (Å²) in [6.07, 6.45) is 0. The van der Waals surface area contributed by atoms with Gasteiger partial charge in [-0.05, 0) is 24.6 Å². The van der Waals surface area contributed by atoms with E-state index >= 15 is 0 Å². The standard InChI is InChI=1S/C15H21N3O2S/c1-11-3-4-13(16)9-14(11)21-10-15(20)18-7-5-17(6-8-18)12(2)19/h3-4,9H,5-8,10,16H2,1-2H3. The molecule has 1 aromatic carbocycles. The molecule has 1 heterocycles. The molecule has 114 valence electrons. The van der Waals surface area contributed by atoms with Crippen LogP contribution in [0.3, 0.4) is 0 Å². The summed E-state index contributed by atoms with van der Waals surface area (Å²) in [5, 5.41) is 0. The molecule has 0 spiro atoms. The van der Waals surface area contributed by atoms with Crippen molar-refractivity contribution in [3.63, 3.8) is 0 Å². The first-order valence-electron chi connectivity index (χ1n) is 6.99. The number of nitrogens with zero attached hydrogens (tertiary/aromatic N) is 2. The number of nitrogen functional groups attached to an aromatic ring is 1. The van der Waals surface area contributed by atoms with Gasteiger partial charge < -0.3 is 15.5 Å². The number of carbonyl (C=O) groups excluding carboxylic acids is 2. The van der Waals surface area contributed by atoms with Crippen molar-refractivity contribution in [3.8, 4) is 0 Å². The van der Waals surface area contributed by atoms with Gasteiger partial charge in [0.1, 0.15) is 0 Å². The maximum atomic E-state index is 12.2. The first kappa shape index (κ1) is 15.7. The van der Waals surface area contributed by atoms with Gasteiger partial charge in [-0.15, -0.1) is 11.8 Å². The second-order valence-corrected chi connectivity index (χ2v) is 6.22. The fourth-order valence-corrected chi connectivity index (χ4v) is 3.25. The Morgan fingerprint density at radius 1 is 1.19 bits per heavy atom. The fraction of sp³-hybridized carbons (Fsp3) is 0.467. The fourth-order valence-electron chi connectivity index (χ4n) is 2.27. The van der Waals surface area contributed by atoms with Crippen molar-refractivity contribution < 1.29 is 9.59 Å². The molecule has 0 unspecified atom stereocenters. The number of thioether (sulfide) groups is 1. The molecule has 0 aromatic heterocycles. The molecule has 0 atom stereocenters. The molecule has 0 saturated carbocycles. The third-order valence-electron chi connectivity index (χ3n) is 3.64. The average Bonchev–Trinajstić information content (AvgIpc) is 2.48. The van der Waals surface area contributed by atoms with Gasteiger partial charge >= 0.3 is 0 Å². The molecule has 1 aromatic rings. The molecule has 0 aliphatic carbocycles. The van der Waals surface area contributed by atoms with Crippen molar-refractivity contribution in [3.05, 3.63) is 23.8 Å². The molecule has 1 aliphatic heterocycles. The summed E-state index contributed by atoms with van der Waals surface area (Å²) in [5.74, 6) is 0.599. The Morgan fingerprint density at radius 2 is 1.81 bits per heavy atom. The normalized spacial score (nSPS) is 15.1. The molecule has 1 fully saturated rings. The zero-order valence-electron chi connectivity index (χ0n) is 12.5. The van der Waals surface area contributed by atoms with Crippen LogP contribution in [0, 0.1) is 6.92 Å². The second-order valence-electron chi connectivity index (χ2n) is 5.20. The highest BCUT2D eigenvalue weighted by Crippen LogP contribution is 2.25. The Balaban J connectivity index is 1.85. The topological polar surface area (TPSA) is 66.6 Å². The minimum Gasteiger partial charge on any atom is -0.399 e. The largest absolute Gasteiger partial charge is 0.399 e. The summed E-state index contributed by atoms with van der Waals surface area (Å²) in [6.45, 7) is 6.07. The summed E-state index contributed by atoms with van der Waals surface area (Å²) < 4.78 is 0. The van der Waals surface area contributed by atoms with Crippen molar-refractivity contribution in [2.45, 2.75) is 18.7 Å². The number of anilines is 1. The number of amides is 2. The third kappa shape index (κ3) is 4.14. The van der Waals surface area contributed by atoms with Crippen molar-refractivity contribution in [2.24, 2.45) is 0 Å². The SMILES string of the molecule is CC(=O)N1CCN(C(=O)CSc2cc(N)ccc2C)CC1. The molecule has 1 saturated heterocycles. The maximum absolute atomic E-state index is 12.2. The van der Waals surface area contributed by atoms with Crippen molar-refractivity contribution in [2.75, 3.05) is 37.7 Å². The van der Waals surface area contributed by atoms with E-state index in [1.54, 1.807) is 11.8 Å². The van der Waals surface area contributed by atoms with Gasteiger partial charge in [0.2, 0.25) is 11.8 Å². The maximum Gasteiger partial charge on any atom is 0.233 e. The molecular weight excluding hydrogens is 286 g/mol. The Bertz CT molecular complexity index is 540. The lowest BCUT2D eigenvalue weighted by Gasteiger charge is -2.34. The van der Waals surface area contributed by atoms with Gasteiger partial charge in [0.05, 0.1) is 5.75 Å². The van der Waals surface area contributed by atoms with Crippen LogP contribution in [-0.4, -0.2) is 53.5 Å². The number of rotatable bonds is 3. The molecule has 5 nitrogen and oxygen atoms in total. The van der Waals surface area contributed by atoms with Crippen LogP contribution in [0.4, 0.5) is 5.69 Å². The Kier molecular flexibility index (Phi) is 5.12. The number of hydrogen-bond acceptors (Lipinski definition) is 4. The number of aryl methyl sites for hydroxylation is 1. The molecule has 0 radical (unpaired) electrons. The number of benzene rings is 1. The van der Waals surface area contributed by atoms with Gasteiger partial charge in [0.15, 0.2) is 0 Å². The Morgan fingerprint density at radius 3 is 2.43 bits per heavy atom. The molecule has 0 bridgehead atoms. The predicted octanol–water partition coefficient (Wildman–Crippen LogP) is 1.36. The lowest BCUT2D eigenvalue weighted by Crippen LogP contribution is -2.50. The summed E-state index contributed by atoms with van der Waals surface area (Å²) in [4.78, 5) is 28.1. The van der Waals surface area contributed by atoms with Gasteiger partial charge in [-0.25, -0.2) is 0 Å². The van der Waals surface area contributed by atoms with E-state index < -0.39 is 0 Å². The van der Waals surface area contributed by atoms with E-state index in [2.05, 4.69) is 0 Å². The number of piperazine rings is 1. The van der Waals surface area contributed by atoms with E-state index in [4.69, 9.17) is 5.73 Å². The van der Waals surface area contributed by atoms with Crippen LogP contribution in [-0.2, 0) is 9.59 Å². The molecule has 2 rings (SSSR count). The Hall–Kier alpha value is -1.69. The summed E-state index contributed by atoms with van der Waals surface area (Å²) in [5.41, 5.74) is 7.62. The molecule has 6 heteroatoms. The summed E-state index contributed by atoms with van der Waals surface area (Å²) >= 11 is 1.52. The predicted molar refractivity (Wildman–Crippen MR) is 85.1 cm³/mol. The first-order chi connectivity index (χ1) is 9.97. The van der Waals surface area contributed by atoms with E-state index in [-0.39, 0.29) is 11.8 Å². The van der Waals surface area contributed by atoms with E-state index in [1.165, 1.54) is 11.8 Å². The quantitative estimate of drug-likeness (QED) is 0.676. The van der Waals surface area contributed by atoms with E-state index in [9.17, 15) is 9.59 Å². The zero-order chi connectivity index (χ0) is 15.4. The highest BCUT2D eigenvalue weighted by molar-refractivity contribution is 8.00. The second kappa shape index (κ2) is 6.85. The van der Waals surface area contributed by atoms with E-state index in [0.29, 0.717) is 37.6 Å². The van der Waals surface area contributed by atoms with Crippen molar-refractivity contribution in [1.82, 2.24) is 9.80 Å². The van der Waals surface area contributed by atoms with Gasteiger partial charge in [0, 0.05) is 43.7 Å². The van der Waals surface area contributed by atoms with Crippen LogP contribution >= 0.6 is 11.8 Å². The van der Waals surface area contributed by atoms with E-state index in [1.807, 2.05) is 30.0 Å². The van der Waals surface area contributed by atoms with Crippen LogP contribution in [0.5, 0.6) is 0 Å². The van der Waals surface area contributed by atoms with Crippen LogP contribution in [0.2, 0.25) is 0 Å². The summed E-state index contributed by atoms with van der Waals surface area (Å²) in [6, 6.07) is 5.73. The van der Waals surface area contributed by atoms with Crippen molar-refractivity contribution >= 4 is 29.3 Å². The Labute approximate surface area is 129 Å². The smallest absolute Gasteiger partial charge is 0.233 e. The first-order valence-corrected chi connectivity index (χ1v) is 7.98. The molecule has 1 aliphatic rings. The zero-order valence-corrected chi connectivity index (χ0v) is 13.3. The van der Waals surface area contributed by atoms with Crippen LogP contribution in [0.15, 0.2) is 23.1 Å². The lowest BCUT2D eigenvalue weighted by atomic mass is 10.2. The van der Waals surface area contributed by atoms with Crippen molar-refractivity contribution in [1.29, 1.82) is 0 Å². The van der Waals surface area contributed by atoms with Gasteiger partial charge in [-0.2, -0.15) is 0 Å². The summed E-state index contributed by atoms with van der Waals surface area (Å²) in [7, 11) is 0. The highest BCUT2D eigenvalue weighted by atomic mass is 32.2.